The van der Waals surface area contributed by atoms with Gasteiger partial charge in [0.05, 0.1) is 6.04 Å². The van der Waals surface area contributed by atoms with E-state index >= 15 is 0 Å². The molecule has 4 heteroatoms. The number of para-hydroxylation sites is 1. The second kappa shape index (κ2) is 7.45. The lowest BCUT2D eigenvalue weighted by Gasteiger charge is -2.12. The zero-order chi connectivity index (χ0) is 15.1. The average molecular weight is 284 g/mol. The Hall–Kier alpha value is -2.33. The molecule has 110 valence electrons. The van der Waals surface area contributed by atoms with Crippen molar-refractivity contribution in [3.8, 4) is 11.5 Å². The minimum absolute atomic E-state index is 0.172. The molecule has 0 heterocycles. The summed E-state index contributed by atoms with van der Waals surface area (Å²) in [5.74, 6) is 1.25. The molecule has 0 saturated heterocycles. The van der Waals surface area contributed by atoms with E-state index in [1.807, 2.05) is 55.5 Å². The van der Waals surface area contributed by atoms with Gasteiger partial charge in [-0.05, 0) is 30.7 Å². The summed E-state index contributed by atoms with van der Waals surface area (Å²) in [6.45, 7) is 2.00. The van der Waals surface area contributed by atoms with E-state index in [2.05, 4.69) is 5.32 Å². The smallest absolute Gasteiger partial charge is 0.241 e. The fourth-order valence-corrected chi connectivity index (χ4v) is 1.94. The molecule has 0 radical (unpaired) electrons. The van der Waals surface area contributed by atoms with Gasteiger partial charge >= 0.3 is 0 Å². The Balaban J connectivity index is 2.02. The molecule has 2 aromatic rings. The highest BCUT2D eigenvalue weighted by atomic mass is 16.5. The normalized spacial score (nSPS) is 11.7. The van der Waals surface area contributed by atoms with Gasteiger partial charge in [-0.3, -0.25) is 4.79 Å². The highest BCUT2D eigenvalue weighted by Gasteiger charge is 2.12. The van der Waals surface area contributed by atoms with E-state index in [1.165, 1.54) is 0 Å². The van der Waals surface area contributed by atoms with Crippen molar-refractivity contribution in [1.29, 1.82) is 0 Å². The number of hydrogen-bond acceptors (Lipinski definition) is 3. The van der Waals surface area contributed by atoms with Crippen LogP contribution in [0.2, 0.25) is 0 Å². The Morgan fingerprint density at radius 2 is 1.86 bits per heavy atom. The minimum Gasteiger partial charge on any atom is -0.457 e. The van der Waals surface area contributed by atoms with Crippen molar-refractivity contribution in [1.82, 2.24) is 0 Å². The summed E-state index contributed by atoms with van der Waals surface area (Å²) in [4.78, 5) is 11.9. The lowest BCUT2D eigenvalue weighted by Crippen LogP contribution is -2.35. The summed E-state index contributed by atoms with van der Waals surface area (Å²) < 4.78 is 5.73. The number of hydrogen-bond donors (Lipinski definition) is 2. The predicted octanol–water partition coefficient (Wildman–Crippen LogP) is 3.54. The summed E-state index contributed by atoms with van der Waals surface area (Å²) in [6, 6.07) is 16.3. The third-order valence-electron chi connectivity index (χ3n) is 3.02. The maximum atomic E-state index is 11.9. The molecule has 0 saturated carbocycles. The summed E-state index contributed by atoms with van der Waals surface area (Å²) in [5.41, 5.74) is 6.47. The van der Waals surface area contributed by atoms with Crippen LogP contribution in [0, 0.1) is 0 Å². The van der Waals surface area contributed by atoms with Gasteiger partial charge in [-0.25, -0.2) is 0 Å². The Morgan fingerprint density at radius 1 is 1.14 bits per heavy atom. The van der Waals surface area contributed by atoms with E-state index in [1.54, 1.807) is 6.07 Å². The van der Waals surface area contributed by atoms with Crippen LogP contribution in [-0.4, -0.2) is 11.9 Å². The van der Waals surface area contributed by atoms with Gasteiger partial charge in [-0.1, -0.05) is 37.6 Å². The molecule has 0 aliphatic rings. The number of carbonyl (C=O) groups excluding carboxylic acids is 1. The number of rotatable bonds is 6. The summed E-state index contributed by atoms with van der Waals surface area (Å²) in [7, 11) is 0. The van der Waals surface area contributed by atoms with Gasteiger partial charge < -0.3 is 15.8 Å². The van der Waals surface area contributed by atoms with E-state index in [0.717, 1.165) is 12.2 Å². The molecule has 21 heavy (non-hydrogen) atoms. The molecule has 1 atom stereocenters. The molecule has 0 spiro atoms. The number of nitrogens with two attached hydrogens (primary N) is 1. The van der Waals surface area contributed by atoms with Crippen LogP contribution in [-0.2, 0) is 4.79 Å². The molecule has 1 amide bonds. The molecule has 0 aliphatic heterocycles. The lowest BCUT2D eigenvalue weighted by atomic mass is 10.1. The van der Waals surface area contributed by atoms with E-state index in [9.17, 15) is 4.79 Å². The summed E-state index contributed by atoms with van der Waals surface area (Å²) >= 11 is 0. The molecular formula is C17H20N2O2. The lowest BCUT2D eigenvalue weighted by molar-refractivity contribution is -0.117. The molecule has 1 unspecified atom stereocenters. The zero-order valence-electron chi connectivity index (χ0n) is 12.1. The van der Waals surface area contributed by atoms with Crippen LogP contribution in [0.5, 0.6) is 11.5 Å². The van der Waals surface area contributed by atoms with Gasteiger partial charge in [-0.15, -0.1) is 0 Å². The molecule has 0 aromatic heterocycles. The minimum atomic E-state index is -0.478. The fraction of sp³-hybridized carbons (Fsp3) is 0.235. The van der Waals surface area contributed by atoms with E-state index in [0.29, 0.717) is 17.9 Å². The fourth-order valence-electron chi connectivity index (χ4n) is 1.94. The quantitative estimate of drug-likeness (QED) is 0.852. The second-order valence-electron chi connectivity index (χ2n) is 4.83. The predicted molar refractivity (Wildman–Crippen MR) is 84.5 cm³/mol. The first-order valence-electron chi connectivity index (χ1n) is 7.08. The van der Waals surface area contributed by atoms with Gasteiger partial charge in [0.2, 0.25) is 5.91 Å². The highest BCUT2D eigenvalue weighted by molar-refractivity contribution is 5.94. The molecule has 2 rings (SSSR count). The average Bonchev–Trinajstić information content (AvgIpc) is 2.49. The van der Waals surface area contributed by atoms with Gasteiger partial charge in [0.25, 0.3) is 0 Å². The third-order valence-corrected chi connectivity index (χ3v) is 3.02. The number of carbonyl (C=O) groups is 1. The van der Waals surface area contributed by atoms with E-state index in [-0.39, 0.29) is 5.91 Å². The van der Waals surface area contributed by atoms with Crippen molar-refractivity contribution in [3.63, 3.8) is 0 Å². The first-order chi connectivity index (χ1) is 10.2. The van der Waals surface area contributed by atoms with Crippen molar-refractivity contribution < 1.29 is 9.53 Å². The molecule has 4 nitrogen and oxygen atoms in total. The van der Waals surface area contributed by atoms with E-state index in [4.69, 9.17) is 10.5 Å². The molecule has 3 N–H and O–H groups in total. The first-order valence-corrected chi connectivity index (χ1v) is 7.08. The van der Waals surface area contributed by atoms with Crippen LogP contribution >= 0.6 is 0 Å². The van der Waals surface area contributed by atoms with Crippen molar-refractivity contribution in [2.75, 3.05) is 5.32 Å². The van der Waals surface area contributed by atoms with Crippen molar-refractivity contribution in [3.05, 3.63) is 54.6 Å². The summed E-state index contributed by atoms with van der Waals surface area (Å²) in [5, 5.41) is 2.81. The maximum Gasteiger partial charge on any atom is 0.241 e. The largest absolute Gasteiger partial charge is 0.457 e. The molecule has 0 fully saturated rings. The molecular weight excluding hydrogens is 264 g/mol. The van der Waals surface area contributed by atoms with Crippen LogP contribution < -0.4 is 15.8 Å². The van der Waals surface area contributed by atoms with Crippen molar-refractivity contribution in [2.45, 2.75) is 25.8 Å². The van der Waals surface area contributed by atoms with Gasteiger partial charge in [0, 0.05) is 11.8 Å². The van der Waals surface area contributed by atoms with Gasteiger partial charge in [0.15, 0.2) is 0 Å². The maximum absolute atomic E-state index is 11.9. The highest BCUT2D eigenvalue weighted by Crippen LogP contribution is 2.23. The monoisotopic (exact) mass is 284 g/mol. The molecule has 0 bridgehead atoms. The third kappa shape index (κ3) is 4.61. The SMILES string of the molecule is CCCC(N)C(=O)Nc1cccc(Oc2ccccc2)c1. The topological polar surface area (TPSA) is 64.4 Å². The Bertz CT molecular complexity index is 584. The number of nitrogens with one attached hydrogen (secondary N) is 1. The van der Waals surface area contributed by atoms with Gasteiger partial charge in [0.1, 0.15) is 11.5 Å². The number of amides is 1. The summed E-state index contributed by atoms with van der Waals surface area (Å²) in [6.07, 6.45) is 1.55. The van der Waals surface area contributed by atoms with Gasteiger partial charge in [-0.2, -0.15) is 0 Å². The Labute approximate surface area is 124 Å². The first kappa shape index (κ1) is 15.1. The standard InChI is InChI=1S/C17H20N2O2/c1-2-7-16(18)17(20)19-13-8-6-11-15(12-13)21-14-9-4-3-5-10-14/h3-6,8-12,16H,2,7,18H2,1H3,(H,19,20). The number of ether oxygens (including phenoxy) is 1. The molecule has 2 aromatic carbocycles. The zero-order valence-corrected chi connectivity index (χ0v) is 12.1. The number of benzene rings is 2. The van der Waals surface area contributed by atoms with Crippen LogP contribution in [0.25, 0.3) is 0 Å². The second-order valence-corrected chi connectivity index (χ2v) is 4.83. The Morgan fingerprint density at radius 3 is 2.57 bits per heavy atom. The van der Waals surface area contributed by atoms with E-state index < -0.39 is 6.04 Å². The Kier molecular flexibility index (Phi) is 5.35. The van der Waals surface area contributed by atoms with Crippen LogP contribution in [0.1, 0.15) is 19.8 Å². The van der Waals surface area contributed by atoms with Crippen LogP contribution in [0.3, 0.4) is 0 Å². The van der Waals surface area contributed by atoms with Crippen molar-refractivity contribution >= 4 is 11.6 Å². The molecule has 0 aliphatic carbocycles. The van der Waals surface area contributed by atoms with Crippen molar-refractivity contribution in [2.24, 2.45) is 5.73 Å². The number of anilines is 1. The van der Waals surface area contributed by atoms with Crippen LogP contribution in [0.15, 0.2) is 54.6 Å². The van der Waals surface area contributed by atoms with Crippen LogP contribution in [0.4, 0.5) is 5.69 Å².